The quantitative estimate of drug-likeness (QED) is 0.771. The van der Waals surface area contributed by atoms with Gasteiger partial charge in [0, 0.05) is 25.8 Å². The van der Waals surface area contributed by atoms with Crippen molar-refractivity contribution in [1.82, 2.24) is 4.72 Å². The number of hydrogen-bond donors (Lipinski definition) is 2. The summed E-state index contributed by atoms with van der Waals surface area (Å²) in [6, 6.07) is 4.71. The van der Waals surface area contributed by atoms with Crippen LogP contribution in [0.2, 0.25) is 0 Å². The molecule has 2 N–H and O–H groups in total. The first-order valence-corrected chi connectivity index (χ1v) is 7.42. The highest BCUT2D eigenvalue weighted by Gasteiger charge is 2.19. The molecule has 1 amide bonds. The SMILES string of the molecule is COCCNS(=O)(=O)c1ccc2c(c1)CCC(=O)N2. The van der Waals surface area contributed by atoms with Gasteiger partial charge in [0.25, 0.3) is 0 Å². The highest BCUT2D eigenvalue weighted by Crippen LogP contribution is 2.25. The molecule has 0 bridgehead atoms. The van der Waals surface area contributed by atoms with Crippen molar-refractivity contribution < 1.29 is 17.9 Å². The van der Waals surface area contributed by atoms with Gasteiger partial charge in [0.15, 0.2) is 0 Å². The predicted octanol–water partition coefficient (Wildman–Crippen LogP) is 0.496. The Balaban J connectivity index is 2.20. The summed E-state index contributed by atoms with van der Waals surface area (Å²) in [5.74, 6) is -0.0404. The summed E-state index contributed by atoms with van der Waals surface area (Å²) in [5, 5.41) is 2.72. The maximum absolute atomic E-state index is 12.0. The van der Waals surface area contributed by atoms with E-state index in [0.29, 0.717) is 25.1 Å². The lowest BCUT2D eigenvalue weighted by Crippen LogP contribution is -2.27. The molecule has 0 saturated heterocycles. The van der Waals surface area contributed by atoms with E-state index in [9.17, 15) is 13.2 Å². The van der Waals surface area contributed by atoms with Gasteiger partial charge in [-0.1, -0.05) is 0 Å². The molecule has 0 atom stereocenters. The number of hydrogen-bond acceptors (Lipinski definition) is 4. The molecule has 1 aromatic rings. The predicted molar refractivity (Wildman–Crippen MR) is 70.5 cm³/mol. The lowest BCUT2D eigenvalue weighted by Gasteiger charge is -2.17. The molecule has 0 fully saturated rings. The Hall–Kier alpha value is -1.44. The van der Waals surface area contributed by atoms with Gasteiger partial charge in [-0.3, -0.25) is 4.79 Å². The van der Waals surface area contributed by atoms with Crippen molar-refractivity contribution in [3.63, 3.8) is 0 Å². The largest absolute Gasteiger partial charge is 0.383 e. The second-order valence-corrected chi connectivity index (χ2v) is 6.02. The van der Waals surface area contributed by atoms with Gasteiger partial charge in [0.2, 0.25) is 15.9 Å². The number of benzene rings is 1. The molecule has 1 aromatic carbocycles. The van der Waals surface area contributed by atoms with Crippen LogP contribution in [0.5, 0.6) is 0 Å². The van der Waals surface area contributed by atoms with Crippen molar-refractivity contribution in [2.24, 2.45) is 0 Å². The zero-order valence-corrected chi connectivity index (χ0v) is 11.4. The molecular weight excluding hydrogens is 268 g/mol. The Morgan fingerprint density at radius 3 is 2.89 bits per heavy atom. The number of aryl methyl sites for hydroxylation is 1. The molecule has 6 nitrogen and oxygen atoms in total. The molecular formula is C12H16N2O4S. The van der Waals surface area contributed by atoms with Gasteiger partial charge in [0.05, 0.1) is 11.5 Å². The van der Waals surface area contributed by atoms with E-state index >= 15 is 0 Å². The fourth-order valence-electron chi connectivity index (χ4n) is 1.89. The topological polar surface area (TPSA) is 84.5 Å². The Morgan fingerprint density at radius 2 is 2.16 bits per heavy atom. The summed E-state index contributed by atoms with van der Waals surface area (Å²) in [6.07, 6.45) is 0.941. The van der Waals surface area contributed by atoms with Gasteiger partial charge in [-0.05, 0) is 30.2 Å². The summed E-state index contributed by atoms with van der Waals surface area (Å²) in [6.45, 7) is 0.548. The van der Waals surface area contributed by atoms with Crippen LogP contribution in [0.3, 0.4) is 0 Å². The van der Waals surface area contributed by atoms with Crippen LogP contribution >= 0.6 is 0 Å². The summed E-state index contributed by atoms with van der Waals surface area (Å²) >= 11 is 0. The number of amides is 1. The second-order valence-electron chi connectivity index (χ2n) is 4.26. The molecule has 1 heterocycles. The number of fused-ring (bicyclic) bond motifs is 1. The fraction of sp³-hybridized carbons (Fsp3) is 0.417. The maximum atomic E-state index is 12.0. The Bertz CT molecular complexity index is 583. The molecule has 7 heteroatoms. The standard InChI is InChI=1S/C12H16N2O4S/c1-18-7-6-13-19(16,17)10-3-4-11-9(8-10)2-5-12(15)14-11/h3-4,8,13H,2,5-7H2,1H3,(H,14,15). The molecule has 104 valence electrons. The van der Waals surface area contributed by atoms with Crippen molar-refractivity contribution >= 4 is 21.6 Å². The molecule has 0 unspecified atom stereocenters. The number of carbonyl (C=O) groups excluding carboxylic acids is 1. The summed E-state index contributed by atoms with van der Waals surface area (Å²) in [7, 11) is -2.01. The molecule has 2 rings (SSSR count). The number of carbonyl (C=O) groups is 1. The molecule has 1 aliphatic rings. The number of anilines is 1. The Labute approximate surface area is 112 Å². The maximum Gasteiger partial charge on any atom is 0.240 e. The molecule has 0 aliphatic carbocycles. The van der Waals surface area contributed by atoms with E-state index in [-0.39, 0.29) is 17.3 Å². The third-order valence-electron chi connectivity index (χ3n) is 2.88. The van der Waals surface area contributed by atoms with Crippen molar-refractivity contribution in [2.75, 3.05) is 25.6 Å². The highest BCUT2D eigenvalue weighted by molar-refractivity contribution is 7.89. The molecule has 0 saturated carbocycles. The second kappa shape index (κ2) is 5.68. The third-order valence-corrected chi connectivity index (χ3v) is 4.34. The van der Waals surface area contributed by atoms with Gasteiger partial charge < -0.3 is 10.1 Å². The minimum atomic E-state index is -3.52. The Morgan fingerprint density at radius 1 is 1.37 bits per heavy atom. The van der Waals surface area contributed by atoms with E-state index in [2.05, 4.69) is 10.0 Å². The molecule has 0 radical (unpaired) electrons. The van der Waals surface area contributed by atoms with Crippen LogP contribution in [0.15, 0.2) is 23.1 Å². The smallest absolute Gasteiger partial charge is 0.240 e. The number of ether oxygens (including phenoxy) is 1. The highest BCUT2D eigenvalue weighted by atomic mass is 32.2. The number of rotatable bonds is 5. The lowest BCUT2D eigenvalue weighted by molar-refractivity contribution is -0.116. The van der Waals surface area contributed by atoms with Gasteiger partial charge >= 0.3 is 0 Å². The zero-order chi connectivity index (χ0) is 13.9. The van der Waals surface area contributed by atoms with Crippen molar-refractivity contribution in [2.45, 2.75) is 17.7 Å². The van der Waals surface area contributed by atoms with Crippen molar-refractivity contribution in [1.29, 1.82) is 0 Å². The van der Waals surface area contributed by atoms with Gasteiger partial charge in [-0.25, -0.2) is 13.1 Å². The Kier molecular flexibility index (Phi) is 4.18. The van der Waals surface area contributed by atoms with Crippen molar-refractivity contribution in [3.05, 3.63) is 23.8 Å². The van der Waals surface area contributed by atoms with Crippen LogP contribution in [0.1, 0.15) is 12.0 Å². The first kappa shape index (κ1) is 14.0. The van der Waals surface area contributed by atoms with E-state index in [1.807, 2.05) is 0 Å². The van der Waals surface area contributed by atoms with E-state index in [0.717, 1.165) is 5.56 Å². The van der Waals surface area contributed by atoms with Crippen LogP contribution in [0, 0.1) is 0 Å². The number of methoxy groups -OCH3 is 1. The normalized spacial score (nSPS) is 14.9. The minimum absolute atomic E-state index is 0.0404. The van der Waals surface area contributed by atoms with E-state index in [1.54, 1.807) is 12.1 Å². The van der Waals surface area contributed by atoms with Crippen molar-refractivity contribution in [3.8, 4) is 0 Å². The fourth-order valence-corrected chi connectivity index (χ4v) is 2.95. The number of sulfonamides is 1. The van der Waals surface area contributed by atoms with E-state index in [1.165, 1.54) is 13.2 Å². The third kappa shape index (κ3) is 3.31. The number of nitrogens with one attached hydrogen (secondary N) is 2. The molecule has 0 spiro atoms. The minimum Gasteiger partial charge on any atom is -0.383 e. The molecule has 19 heavy (non-hydrogen) atoms. The summed E-state index contributed by atoms with van der Waals surface area (Å²) in [4.78, 5) is 11.4. The monoisotopic (exact) mass is 284 g/mol. The van der Waals surface area contributed by atoms with Crippen LogP contribution in [0.4, 0.5) is 5.69 Å². The van der Waals surface area contributed by atoms with Gasteiger partial charge in [0.1, 0.15) is 0 Å². The first-order valence-electron chi connectivity index (χ1n) is 5.94. The zero-order valence-electron chi connectivity index (χ0n) is 10.6. The van der Waals surface area contributed by atoms with Gasteiger partial charge in [-0.15, -0.1) is 0 Å². The average molecular weight is 284 g/mol. The van der Waals surface area contributed by atoms with Gasteiger partial charge in [-0.2, -0.15) is 0 Å². The average Bonchev–Trinajstić information content (AvgIpc) is 2.38. The van der Waals surface area contributed by atoms with Crippen LogP contribution in [-0.4, -0.2) is 34.6 Å². The first-order chi connectivity index (χ1) is 9.03. The summed E-state index contributed by atoms with van der Waals surface area (Å²) in [5.41, 5.74) is 1.53. The summed E-state index contributed by atoms with van der Waals surface area (Å²) < 4.78 is 31.3. The lowest BCUT2D eigenvalue weighted by atomic mass is 10.0. The van der Waals surface area contributed by atoms with Crippen LogP contribution in [-0.2, 0) is 26.0 Å². The molecule has 1 aliphatic heterocycles. The van der Waals surface area contributed by atoms with E-state index in [4.69, 9.17) is 4.74 Å². The van der Waals surface area contributed by atoms with Crippen LogP contribution < -0.4 is 10.0 Å². The molecule has 0 aromatic heterocycles. The van der Waals surface area contributed by atoms with Crippen LogP contribution in [0.25, 0.3) is 0 Å². The van der Waals surface area contributed by atoms with E-state index < -0.39 is 10.0 Å².